The van der Waals surface area contributed by atoms with E-state index in [-0.39, 0.29) is 29.2 Å². The maximum Gasteiger partial charge on any atom is 0.255 e. The van der Waals surface area contributed by atoms with Crippen molar-refractivity contribution in [2.45, 2.75) is 26.3 Å². The first-order valence-corrected chi connectivity index (χ1v) is 11.3. The van der Waals surface area contributed by atoms with Crippen LogP contribution in [0.1, 0.15) is 30.6 Å². The van der Waals surface area contributed by atoms with Gasteiger partial charge < -0.3 is 10.1 Å². The molecule has 3 rings (SSSR count). The van der Waals surface area contributed by atoms with E-state index < -0.39 is 10.0 Å². The van der Waals surface area contributed by atoms with Crippen LogP contribution in [0.4, 0.5) is 0 Å². The van der Waals surface area contributed by atoms with E-state index in [0.717, 1.165) is 0 Å². The number of amides is 1. The Kier molecular flexibility index (Phi) is 5.87. The minimum absolute atomic E-state index is 0.0197. The molecule has 29 heavy (non-hydrogen) atoms. The number of sulfonamides is 1. The second-order valence-electron chi connectivity index (χ2n) is 8.30. The summed E-state index contributed by atoms with van der Waals surface area (Å²) in [6.07, 6.45) is 6.03. The van der Waals surface area contributed by atoms with E-state index in [2.05, 4.69) is 19.2 Å². The maximum atomic E-state index is 12.8. The third-order valence-electron chi connectivity index (χ3n) is 5.94. The van der Waals surface area contributed by atoms with Crippen molar-refractivity contribution in [3.63, 3.8) is 0 Å². The van der Waals surface area contributed by atoms with Gasteiger partial charge in [0.2, 0.25) is 10.0 Å². The molecule has 0 heterocycles. The second-order valence-corrected chi connectivity index (χ2v) is 10.9. The summed E-state index contributed by atoms with van der Waals surface area (Å²) in [7, 11) is 1.14. The van der Waals surface area contributed by atoms with Gasteiger partial charge in [-0.3, -0.25) is 4.79 Å². The van der Waals surface area contributed by atoms with E-state index in [1.165, 1.54) is 25.5 Å². The Morgan fingerprint density at radius 1 is 1.31 bits per heavy atom. The van der Waals surface area contributed by atoms with E-state index in [0.29, 0.717) is 27.7 Å². The van der Waals surface area contributed by atoms with Crippen molar-refractivity contribution < 1.29 is 17.9 Å². The minimum atomic E-state index is -3.43. The van der Waals surface area contributed by atoms with E-state index in [4.69, 9.17) is 16.3 Å². The van der Waals surface area contributed by atoms with Crippen molar-refractivity contribution in [3.8, 4) is 5.75 Å². The highest BCUT2D eigenvalue weighted by Gasteiger charge is 2.61. The van der Waals surface area contributed by atoms with Crippen molar-refractivity contribution in [1.29, 1.82) is 0 Å². The molecule has 6 nitrogen and oxygen atoms in total. The molecule has 1 aromatic rings. The molecule has 0 saturated heterocycles. The number of nitrogens with one attached hydrogen (secondary N) is 1. The Morgan fingerprint density at radius 2 is 2.00 bits per heavy atom. The number of rotatable bonds is 6. The van der Waals surface area contributed by atoms with Crippen LogP contribution in [0.25, 0.3) is 0 Å². The van der Waals surface area contributed by atoms with Gasteiger partial charge >= 0.3 is 0 Å². The standard InChI is InChI=1S/C21H27ClN2O4S/c1-21(2)18(13-6-9-15(10-7-13)29(26,27)24(3)4)19(21)23-20(25)16-12-14(22)8-11-17(16)28-5/h6,8-13,18-19H,7H2,1-5H3,(H,23,25)/t13?,18-,19-/m0/s1. The van der Waals surface area contributed by atoms with Gasteiger partial charge in [-0.15, -0.1) is 0 Å². The van der Waals surface area contributed by atoms with Crippen molar-refractivity contribution in [1.82, 2.24) is 9.62 Å². The molecule has 1 unspecified atom stereocenters. The Morgan fingerprint density at radius 3 is 2.55 bits per heavy atom. The number of hydrogen-bond acceptors (Lipinski definition) is 4. The fourth-order valence-corrected chi connectivity index (χ4v) is 5.27. The van der Waals surface area contributed by atoms with Gasteiger partial charge in [-0.2, -0.15) is 0 Å². The Hall–Kier alpha value is -1.83. The number of carbonyl (C=O) groups is 1. The third-order valence-corrected chi connectivity index (χ3v) is 8.04. The van der Waals surface area contributed by atoms with Crippen LogP contribution in [-0.2, 0) is 10.0 Å². The highest BCUT2D eigenvalue weighted by atomic mass is 35.5. The van der Waals surface area contributed by atoms with Gasteiger partial charge in [0.25, 0.3) is 5.91 Å². The number of benzene rings is 1. The van der Waals surface area contributed by atoms with Gasteiger partial charge in [0.05, 0.1) is 17.6 Å². The molecule has 0 aromatic heterocycles. The smallest absolute Gasteiger partial charge is 0.255 e. The lowest BCUT2D eigenvalue weighted by Gasteiger charge is -2.19. The molecule has 8 heteroatoms. The monoisotopic (exact) mass is 438 g/mol. The zero-order chi connectivity index (χ0) is 21.6. The molecule has 158 valence electrons. The van der Waals surface area contributed by atoms with Crippen LogP contribution < -0.4 is 10.1 Å². The molecule has 2 aliphatic rings. The van der Waals surface area contributed by atoms with Gasteiger partial charge in [0, 0.05) is 25.2 Å². The first-order chi connectivity index (χ1) is 13.5. The first-order valence-electron chi connectivity index (χ1n) is 9.45. The molecular weight excluding hydrogens is 412 g/mol. The third kappa shape index (κ3) is 4.09. The molecule has 0 spiro atoms. The van der Waals surface area contributed by atoms with Gasteiger partial charge in [-0.1, -0.05) is 37.6 Å². The summed E-state index contributed by atoms with van der Waals surface area (Å²) in [6.45, 7) is 4.23. The molecule has 1 N–H and O–H groups in total. The number of halogens is 1. The summed E-state index contributed by atoms with van der Waals surface area (Å²) in [6, 6.07) is 4.93. The minimum Gasteiger partial charge on any atom is -0.496 e. The quantitative estimate of drug-likeness (QED) is 0.738. The average Bonchev–Trinajstić information content (AvgIpc) is 3.21. The average molecular weight is 439 g/mol. The molecule has 0 aliphatic heterocycles. The molecule has 0 radical (unpaired) electrons. The zero-order valence-corrected chi connectivity index (χ0v) is 18.8. The molecular formula is C21H27ClN2O4S. The SMILES string of the molecule is COc1ccc(Cl)cc1C(=O)N[C@H]1[C@H](C2C=CC(S(=O)(=O)N(C)C)=CC2)C1(C)C. The highest BCUT2D eigenvalue weighted by Crippen LogP contribution is 2.57. The fourth-order valence-electron chi connectivity index (χ4n) is 4.11. The second kappa shape index (κ2) is 7.78. The summed E-state index contributed by atoms with van der Waals surface area (Å²) < 4.78 is 31.1. The predicted molar refractivity (Wildman–Crippen MR) is 114 cm³/mol. The number of ether oxygens (including phenoxy) is 1. The molecule has 1 fully saturated rings. The molecule has 1 amide bonds. The first kappa shape index (κ1) is 21.9. The van der Waals surface area contributed by atoms with Gasteiger partial charge in [-0.05, 0) is 47.9 Å². The van der Waals surface area contributed by atoms with Crippen LogP contribution in [0.3, 0.4) is 0 Å². The molecule has 2 aliphatic carbocycles. The lowest BCUT2D eigenvalue weighted by molar-refractivity contribution is 0.0941. The van der Waals surface area contributed by atoms with Crippen molar-refractivity contribution in [3.05, 3.63) is 51.9 Å². The van der Waals surface area contributed by atoms with Crippen LogP contribution in [-0.4, -0.2) is 45.9 Å². The number of methoxy groups -OCH3 is 1. The Bertz CT molecular complexity index is 982. The molecule has 3 atom stereocenters. The number of allylic oxidation sites excluding steroid dienone is 3. The van der Waals surface area contributed by atoms with Crippen LogP contribution in [0.5, 0.6) is 5.75 Å². The molecule has 0 bridgehead atoms. The summed E-state index contributed by atoms with van der Waals surface area (Å²) in [4.78, 5) is 13.2. The van der Waals surface area contributed by atoms with E-state index >= 15 is 0 Å². The van der Waals surface area contributed by atoms with Crippen LogP contribution >= 0.6 is 11.6 Å². The largest absolute Gasteiger partial charge is 0.496 e. The van der Waals surface area contributed by atoms with Gasteiger partial charge in [-0.25, -0.2) is 12.7 Å². The van der Waals surface area contributed by atoms with E-state index in [1.54, 1.807) is 30.4 Å². The van der Waals surface area contributed by atoms with Crippen LogP contribution in [0, 0.1) is 17.3 Å². The number of carbonyl (C=O) groups excluding carboxylic acids is 1. The lowest BCUT2D eigenvalue weighted by Crippen LogP contribution is -2.30. The van der Waals surface area contributed by atoms with E-state index in [9.17, 15) is 13.2 Å². The molecule has 1 aromatic carbocycles. The van der Waals surface area contributed by atoms with Crippen molar-refractivity contribution in [2.24, 2.45) is 17.3 Å². The Labute approximate surface area is 177 Å². The van der Waals surface area contributed by atoms with Crippen molar-refractivity contribution in [2.75, 3.05) is 21.2 Å². The summed E-state index contributed by atoms with van der Waals surface area (Å²) in [5.41, 5.74) is 0.308. The number of nitrogens with zero attached hydrogens (tertiary/aromatic N) is 1. The lowest BCUT2D eigenvalue weighted by atomic mass is 9.91. The zero-order valence-electron chi connectivity index (χ0n) is 17.3. The fraction of sp³-hybridized carbons (Fsp3) is 0.476. The van der Waals surface area contributed by atoms with Crippen LogP contribution in [0.2, 0.25) is 5.02 Å². The number of hydrogen-bond donors (Lipinski definition) is 1. The van der Waals surface area contributed by atoms with Gasteiger partial charge in [0.1, 0.15) is 5.75 Å². The summed E-state index contributed by atoms with van der Waals surface area (Å²) in [5, 5.41) is 3.58. The summed E-state index contributed by atoms with van der Waals surface area (Å²) in [5.74, 6) is 0.627. The highest BCUT2D eigenvalue weighted by molar-refractivity contribution is 7.93. The predicted octanol–water partition coefficient (Wildman–Crippen LogP) is 3.45. The van der Waals surface area contributed by atoms with Crippen LogP contribution in [0.15, 0.2) is 41.3 Å². The summed E-state index contributed by atoms with van der Waals surface area (Å²) >= 11 is 6.05. The Balaban J connectivity index is 1.72. The normalized spacial score (nSPS) is 25.5. The topological polar surface area (TPSA) is 75.7 Å². The molecule has 1 saturated carbocycles. The van der Waals surface area contributed by atoms with E-state index in [1.807, 2.05) is 6.08 Å². The van der Waals surface area contributed by atoms with Crippen molar-refractivity contribution >= 4 is 27.5 Å². The maximum absolute atomic E-state index is 12.8. The van der Waals surface area contributed by atoms with Gasteiger partial charge in [0.15, 0.2) is 0 Å².